The lowest BCUT2D eigenvalue weighted by Gasteiger charge is -2.22. The van der Waals surface area contributed by atoms with E-state index in [0.29, 0.717) is 0 Å². The van der Waals surface area contributed by atoms with Gasteiger partial charge in [-0.25, -0.2) is 0 Å². The third-order valence-electron chi connectivity index (χ3n) is 2.47. The molecule has 0 spiro atoms. The first kappa shape index (κ1) is 8.97. The van der Waals surface area contributed by atoms with Gasteiger partial charge in [-0.3, -0.25) is 0 Å². The summed E-state index contributed by atoms with van der Waals surface area (Å²) in [6.45, 7) is 4.24. The highest BCUT2D eigenvalue weighted by molar-refractivity contribution is 4.79. The van der Waals surface area contributed by atoms with Gasteiger partial charge >= 0.3 is 0 Å². The van der Waals surface area contributed by atoms with Crippen molar-refractivity contribution in [2.24, 2.45) is 5.73 Å². The van der Waals surface area contributed by atoms with E-state index in [-0.39, 0.29) is 0 Å². The molecule has 1 rings (SSSR count). The lowest BCUT2D eigenvalue weighted by atomic mass is 10.2. The van der Waals surface area contributed by atoms with Crippen molar-refractivity contribution in [1.29, 1.82) is 0 Å². The van der Waals surface area contributed by atoms with E-state index >= 15 is 0 Å². The van der Waals surface area contributed by atoms with Crippen molar-refractivity contribution in [2.75, 3.05) is 40.3 Å². The third kappa shape index (κ3) is 2.43. The van der Waals surface area contributed by atoms with Gasteiger partial charge in [0.1, 0.15) is 0 Å². The van der Waals surface area contributed by atoms with E-state index in [1.807, 2.05) is 0 Å². The first-order valence-corrected chi connectivity index (χ1v) is 4.33. The zero-order valence-corrected chi connectivity index (χ0v) is 7.58. The average Bonchev–Trinajstić information content (AvgIpc) is 2.36. The molecule has 66 valence electrons. The maximum Gasteiger partial charge on any atom is 0.0232 e. The molecule has 1 aliphatic rings. The van der Waals surface area contributed by atoms with E-state index in [4.69, 9.17) is 5.73 Å². The topological polar surface area (TPSA) is 32.5 Å². The molecule has 1 saturated heterocycles. The number of nitrogens with two attached hydrogens (primary N) is 1. The van der Waals surface area contributed by atoms with E-state index in [9.17, 15) is 0 Å². The molecule has 1 fully saturated rings. The van der Waals surface area contributed by atoms with Crippen LogP contribution in [0.25, 0.3) is 0 Å². The Labute approximate surface area is 69.1 Å². The zero-order chi connectivity index (χ0) is 8.27. The summed E-state index contributed by atoms with van der Waals surface area (Å²) >= 11 is 0. The monoisotopic (exact) mass is 157 g/mol. The van der Waals surface area contributed by atoms with Crippen LogP contribution in [0.3, 0.4) is 0 Å². The molecule has 1 aliphatic heterocycles. The van der Waals surface area contributed by atoms with Crippen LogP contribution >= 0.6 is 0 Å². The number of hydrogen-bond donors (Lipinski definition) is 1. The van der Waals surface area contributed by atoms with E-state index in [0.717, 1.165) is 19.1 Å². The Balaban J connectivity index is 2.25. The van der Waals surface area contributed by atoms with E-state index in [1.165, 1.54) is 19.5 Å². The van der Waals surface area contributed by atoms with Gasteiger partial charge in [-0.2, -0.15) is 0 Å². The molecule has 0 aromatic carbocycles. The van der Waals surface area contributed by atoms with Gasteiger partial charge in [-0.15, -0.1) is 0 Å². The first-order valence-electron chi connectivity index (χ1n) is 4.33. The molecule has 2 N–H and O–H groups in total. The molecule has 0 aromatic rings. The maximum atomic E-state index is 5.48. The fraction of sp³-hybridized carbons (Fsp3) is 1.00. The van der Waals surface area contributed by atoms with Crippen molar-refractivity contribution >= 4 is 0 Å². The molecule has 0 saturated carbocycles. The second kappa shape index (κ2) is 4.04. The largest absolute Gasteiger partial charge is 0.329 e. The highest BCUT2D eigenvalue weighted by Gasteiger charge is 2.22. The predicted octanol–water partition coefficient (Wildman–Crippen LogP) is -0.419. The van der Waals surface area contributed by atoms with Crippen molar-refractivity contribution in [2.45, 2.75) is 12.5 Å². The normalized spacial score (nSPS) is 26.7. The van der Waals surface area contributed by atoms with Crippen LogP contribution in [0.2, 0.25) is 0 Å². The van der Waals surface area contributed by atoms with Gasteiger partial charge in [0.15, 0.2) is 0 Å². The smallest absolute Gasteiger partial charge is 0.0232 e. The van der Waals surface area contributed by atoms with Gasteiger partial charge in [0.05, 0.1) is 0 Å². The van der Waals surface area contributed by atoms with Crippen LogP contribution in [0.1, 0.15) is 6.42 Å². The Hall–Kier alpha value is -0.120. The molecule has 0 amide bonds. The quantitative estimate of drug-likeness (QED) is 0.604. The van der Waals surface area contributed by atoms with Crippen molar-refractivity contribution in [1.82, 2.24) is 9.80 Å². The van der Waals surface area contributed by atoms with Gasteiger partial charge in [0, 0.05) is 25.7 Å². The lowest BCUT2D eigenvalue weighted by Crippen LogP contribution is -2.37. The Bertz CT molecular complexity index is 116. The van der Waals surface area contributed by atoms with Gasteiger partial charge in [-0.1, -0.05) is 0 Å². The fourth-order valence-corrected chi connectivity index (χ4v) is 1.66. The second-order valence-electron chi connectivity index (χ2n) is 3.47. The molecule has 0 unspecified atom stereocenters. The van der Waals surface area contributed by atoms with Crippen LogP contribution in [-0.4, -0.2) is 56.1 Å². The predicted molar refractivity (Wildman–Crippen MR) is 47.6 cm³/mol. The summed E-state index contributed by atoms with van der Waals surface area (Å²) in [5.74, 6) is 0. The Morgan fingerprint density at radius 2 is 2.36 bits per heavy atom. The van der Waals surface area contributed by atoms with Crippen LogP contribution in [0.5, 0.6) is 0 Å². The van der Waals surface area contributed by atoms with Gasteiger partial charge < -0.3 is 15.5 Å². The second-order valence-corrected chi connectivity index (χ2v) is 3.47. The third-order valence-corrected chi connectivity index (χ3v) is 2.47. The fourth-order valence-electron chi connectivity index (χ4n) is 1.66. The standard InChI is InChI=1S/C8H19N3/c1-10-5-3-8(7-10)11(2)6-4-9/h8H,3-7,9H2,1-2H3/t8-/m0/s1. The van der Waals surface area contributed by atoms with E-state index in [1.54, 1.807) is 0 Å². The average molecular weight is 157 g/mol. The Morgan fingerprint density at radius 3 is 2.82 bits per heavy atom. The number of hydrogen-bond acceptors (Lipinski definition) is 3. The molecule has 0 aromatic heterocycles. The Kier molecular flexibility index (Phi) is 3.30. The van der Waals surface area contributed by atoms with Crippen molar-refractivity contribution in [3.8, 4) is 0 Å². The van der Waals surface area contributed by atoms with Gasteiger partial charge in [-0.05, 0) is 27.1 Å². The number of likely N-dealkylation sites (tertiary alicyclic amines) is 1. The number of rotatable bonds is 3. The molecular weight excluding hydrogens is 138 g/mol. The zero-order valence-electron chi connectivity index (χ0n) is 7.58. The molecular formula is C8H19N3. The molecule has 3 heteroatoms. The minimum atomic E-state index is 0.739. The Morgan fingerprint density at radius 1 is 1.64 bits per heavy atom. The SMILES string of the molecule is CN1CC[C@H](N(C)CCN)C1. The minimum Gasteiger partial charge on any atom is -0.329 e. The summed E-state index contributed by atoms with van der Waals surface area (Å²) in [6, 6.07) is 0.739. The molecule has 11 heavy (non-hydrogen) atoms. The maximum absolute atomic E-state index is 5.48. The molecule has 0 bridgehead atoms. The molecule has 3 nitrogen and oxygen atoms in total. The summed E-state index contributed by atoms with van der Waals surface area (Å²) in [4.78, 5) is 4.74. The number of nitrogens with zero attached hydrogens (tertiary/aromatic N) is 2. The van der Waals surface area contributed by atoms with E-state index < -0.39 is 0 Å². The van der Waals surface area contributed by atoms with Crippen molar-refractivity contribution in [3.63, 3.8) is 0 Å². The van der Waals surface area contributed by atoms with Crippen molar-refractivity contribution < 1.29 is 0 Å². The molecule has 1 heterocycles. The van der Waals surface area contributed by atoms with Crippen molar-refractivity contribution in [3.05, 3.63) is 0 Å². The minimum absolute atomic E-state index is 0.739. The first-order chi connectivity index (χ1) is 5.24. The molecule has 1 atom stereocenters. The van der Waals surface area contributed by atoms with Crippen LogP contribution in [-0.2, 0) is 0 Å². The van der Waals surface area contributed by atoms with E-state index in [2.05, 4.69) is 23.9 Å². The summed E-state index contributed by atoms with van der Waals surface area (Å²) < 4.78 is 0. The summed E-state index contributed by atoms with van der Waals surface area (Å²) in [5.41, 5.74) is 5.48. The van der Waals surface area contributed by atoms with Crippen LogP contribution in [0.15, 0.2) is 0 Å². The molecule has 0 radical (unpaired) electrons. The van der Waals surface area contributed by atoms with Gasteiger partial charge in [0.25, 0.3) is 0 Å². The van der Waals surface area contributed by atoms with Crippen LogP contribution in [0.4, 0.5) is 0 Å². The van der Waals surface area contributed by atoms with Gasteiger partial charge in [0.2, 0.25) is 0 Å². The molecule has 0 aliphatic carbocycles. The number of likely N-dealkylation sites (N-methyl/N-ethyl adjacent to an activating group) is 2. The summed E-state index contributed by atoms with van der Waals surface area (Å²) in [6.07, 6.45) is 1.30. The van der Waals surface area contributed by atoms with Crippen LogP contribution in [0, 0.1) is 0 Å². The lowest BCUT2D eigenvalue weighted by molar-refractivity contribution is 0.248. The summed E-state index contributed by atoms with van der Waals surface area (Å²) in [7, 11) is 4.34. The highest BCUT2D eigenvalue weighted by Crippen LogP contribution is 2.11. The summed E-state index contributed by atoms with van der Waals surface area (Å²) in [5, 5.41) is 0. The highest BCUT2D eigenvalue weighted by atomic mass is 15.2. The van der Waals surface area contributed by atoms with Crippen LogP contribution < -0.4 is 5.73 Å².